The third-order valence-corrected chi connectivity index (χ3v) is 2.62. The summed E-state index contributed by atoms with van der Waals surface area (Å²) in [5.74, 6) is 0.660. The van der Waals surface area contributed by atoms with Crippen LogP contribution in [0.1, 0.15) is 12.0 Å². The van der Waals surface area contributed by atoms with Crippen LogP contribution in [0.3, 0.4) is 0 Å². The van der Waals surface area contributed by atoms with E-state index in [4.69, 9.17) is 4.74 Å². The summed E-state index contributed by atoms with van der Waals surface area (Å²) in [7, 11) is 3.34. The molecule has 0 amide bonds. The normalized spacial score (nSPS) is 11.2. The fourth-order valence-electron chi connectivity index (χ4n) is 1.61. The van der Waals surface area contributed by atoms with Gasteiger partial charge in [-0.3, -0.25) is 15.1 Å². The van der Waals surface area contributed by atoms with Gasteiger partial charge in [-0.05, 0) is 12.0 Å². The van der Waals surface area contributed by atoms with Gasteiger partial charge in [0, 0.05) is 46.0 Å². The van der Waals surface area contributed by atoms with Crippen LogP contribution in [0.25, 0.3) is 0 Å². The number of non-ortho nitro benzene ring substituents is 1. The van der Waals surface area contributed by atoms with Crippen LogP contribution in [-0.4, -0.2) is 38.2 Å². The van der Waals surface area contributed by atoms with Crippen molar-refractivity contribution in [2.75, 3.05) is 27.3 Å². The van der Waals surface area contributed by atoms with E-state index >= 15 is 0 Å². The van der Waals surface area contributed by atoms with Gasteiger partial charge in [-0.1, -0.05) is 12.1 Å². The molecule has 0 saturated heterocycles. The van der Waals surface area contributed by atoms with Crippen LogP contribution in [0, 0.1) is 10.1 Å². The molecular formula is C13H20N4O3. The van der Waals surface area contributed by atoms with E-state index in [9.17, 15) is 10.1 Å². The molecule has 0 saturated carbocycles. The molecule has 2 N–H and O–H groups in total. The van der Waals surface area contributed by atoms with Gasteiger partial charge < -0.3 is 15.4 Å². The van der Waals surface area contributed by atoms with Gasteiger partial charge in [0.25, 0.3) is 5.69 Å². The SMILES string of the molecule is CN=C(NCCCOC)NCc1cccc([N+](=O)[O-])c1. The van der Waals surface area contributed by atoms with E-state index in [2.05, 4.69) is 15.6 Å². The predicted octanol–water partition coefficient (Wildman–Crippen LogP) is 1.30. The number of rotatable bonds is 7. The zero-order chi connectivity index (χ0) is 14.8. The number of nitro benzene ring substituents is 1. The molecule has 0 aliphatic heterocycles. The Balaban J connectivity index is 2.44. The van der Waals surface area contributed by atoms with Gasteiger partial charge in [0.2, 0.25) is 0 Å². The summed E-state index contributed by atoms with van der Waals surface area (Å²) in [4.78, 5) is 14.4. The first kappa shape index (κ1) is 15.9. The number of methoxy groups -OCH3 is 1. The average molecular weight is 280 g/mol. The molecular weight excluding hydrogens is 260 g/mol. The number of nitrogens with one attached hydrogen (secondary N) is 2. The molecule has 1 aromatic carbocycles. The second kappa shape index (κ2) is 8.87. The van der Waals surface area contributed by atoms with E-state index in [0.717, 1.165) is 18.5 Å². The number of nitro groups is 1. The third-order valence-electron chi connectivity index (χ3n) is 2.62. The number of nitrogens with zero attached hydrogens (tertiary/aromatic N) is 2. The van der Waals surface area contributed by atoms with Crippen LogP contribution < -0.4 is 10.6 Å². The third kappa shape index (κ3) is 5.66. The average Bonchev–Trinajstić information content (AvgIpc) is 2.47. The topological polar surface area (TPSA) is 88.8 Å². The van der Waals surface area contributed by atoms with Crippen LogP contribution in [0.15, 0.2) is 29.3 Å². The Bertz CT molecular complexity index is 463. The highest BCUT2D eigenvalue weighted by molar-refractivity contribution is 5.79. The Morgan fingerprint density at radius 3 is 2.90 bits per heavy atom. The molecule has 110 valence electrons. The molecule has 20 heavy (non-hydrogen) atoms. The van der Waals surface area contributed by atoms with Crippen molar-refractivity contribution in [1.29, 1.82) is 0 Å². The van der Waals surface area contributed by atoms with Crippen molar-refractivity contribution in [2.24, 2.45) is 4.99 Å². The first-order valence-corrected chi connectivity index (χ1v) is 6.34. The molecule has 0 bridgehead atoms. The minimum Gasteiger partial charge on any atom is -0.385 e. The van der Waals surface area contributed by atoms with Gasteiger partial charge in [0.05, 0.1) is 4.92 Å². The molecule has 1 aromatic rings. The van der Waals surface area contributed by atoms with E-state index in [1.165, 1.54) is 6.07 Å². The molecule has 0 unspecified atom stereocenters. The van der Waals surface area contributed by atoms with Crippen LogP contribution in [0.2, 0.25) is 0 Å². The predicted molar refractivity (Wildman–Crippen MR) is 77.8 cm³/mol. The van der Waals surface area contributed by atoms with Crippen molar-refractivity contribution in [1.82, 2.24) is 10.6 Å². The molecule has 0 heterocycles. The van der Waals surface area contributed by atoms with E-state index < -0.39 is 4.92 Å². The Labute approximate surface area is 118 Å². The number of guanidine groups is 1. The fraction of sp³-hybridized carbons (Fsp3) is 0.462. The van der Waals surface area contributed by atoms with Gasteiger partial charge in [0.1, 0.15) is 0 Å². The van der Waals surface area contributed by atoms with Gasteiger partial charge in [-0.25, -0.2) is 0 Å². The number of hydrogen-bond donors (Lipinski definition) is 2. The number of hydrogen-bond acceptors (Lipinski definition) is 4. The van der Waals surface area contributed by atoms with Crippen LogP contribution >= 0.6 is 0 Å². The smallest absolute Gasteiger partial charge is 0.269 e. The van der Waals surface area contributed by atoms with Crippen molar-refractivity contribution >= 4 is 11.6 Å². The second-order valence-electron chi connectivity index (χ2n) is 4.13. The minimum absolute atomic E-state index is 0.0901. The maximum Gasteiger partial charge on any atom is 0.269 e. The maximum atomic E-state index is 10.7. The summed E-state index contributed by atoms with van der Waals surface area (Å²) >= 11 is 0. The van der Waals surface area contributed by atoms with Gasteiger partial charge >= 0.3 is 0 Å². The van der Waals surface area contributed by atoms with Crippen LogP contribution in [-0.2, 0) is 11.3 Å². The molecule has 0 fully saturated rings. The fourth-order valence-corrected chi connectivity index (χ4v) is 1.61. The molecule has 1 rings (SSSR count). The second-order valence-corrected chi connectivity index (χ2v) is 4.13. The van der Waals surface area contributed by atoms with E-state index in [1.54, 1.807) is 26.3 Å². The first-order chi connectivity index (χ1) is 9.67. The van der Waals surface area contributed by atoms with Crippen molar-refractivity contribution in [3.05, 3.63) is 39.9 Å². The molecule has 0 radical (unpaired) electrons. The summed E-state index contributed by atoms with van der Waals surface area (Å²) in [5.41, 5.74) is 0.923. The van der Waals surface area contributed by atoms with Crippen molar-refractivity contribution in [3.63, 3.8) is 0 Å². The zero-order valence-corrected chi connectivity index (χ0v) is 11.8. The molecule has 0 aromatic heterocycles. The highest BCUT2D eigenvalue weighted by atomic mass is 16.6. The highest BCUT2D eigenvalue weighted by Crippen LogP contribution is 2.12. The summed E-state index contributed by atoms with van der Waals surface area (Å²) < 4.78 is 4.96. The first-order valence-electron chi connectivity index (χ1n) is 6.34. The maximum absolute atomic E-state index is 10.7. The Morgan fingerprint density at radius 1 is 1.45 bits per heavy atom. The van der Waals surface area contributed by atoms with E-state index in [0.29, 0.717) is 19.1 Å². The molecule has 0 atom stereocenters. The van der Waals surface area contributed by atoms with Gasteiger partial charge in [-0.2, -0.15) is 0 Å². The lowest BCUT2D eigenvalue weighted by Gasteiger charge is -2.11. The number of benzene rings is 1. The monoisotopic (exact) mass is 280 g/mol. The number of aliphatic imine (C=N–C) groups is 1. The molecule has 7 nitrogen and oxygen atoms in total. The van der Waals surface area contributed by atoms with Crippen LogP contribution in [0.5, 0.6) is 0 Å². The summed E-state index contributed by atoms with van der Waals surface area (Å²) in [5, 5.41) is 16.9. The quantitative estimate of drug-likeness (QED) is 0.258. The summed E-state index contributed by atoms with van der Waals surface area (Å²) in [6.07, 6.45) is 0.883. The number of ether oxygens (including phenoxy) is 1. The van der Waals surface area contributed by atoms with Crippen molar-refractivity contribution in [3.8, 4) is 0 Å². The molecule has 7 heteroatoms. The Morgan fingerprint density at radius 2 is 2.25 bits per heavy atom. The molecule has 0 spiro atoms. The van der Waals surface area contributed by atoms with Gasteiger partial charge in [0.15, 0.2) is 5.96 Å². The largest absolute Gasteiger partial charge is 0.385 e. The highest BCUT2D eigenvalue weighted by Gasteiger charge is 2.05. The van der Waals surface area contributed by atoms with Crippen molar-refractivity contribution < 1.29 is 9.66 Å². The Hall–Kier alpha value is -2.15. The summed E-state index contributed by atoms with van der Waals surface area (Å²) in [6, 6.07) is 6.52. The summed E-state index contributed by atoms with van der Waals surface area (Å²) in [6.45, 7) is 1.92. The lowest BCUT2D eigenvalue weighted by Crippen LogP contribution is -2.37. The van der Waals surface area contributed by atoms with Crippen LogP contribution in [0.4, 0.5) is 5.69 Å². The zero-order valence-electron chi connectivity index (χ0n) is 11.8. The van der Waals surface area contributed by atoms with E-state index in [1.807, 2.05) is 6.07 Å². The van der Waals surface area contributed by atoms with Gasteiger partial charge in [-0.15, -0.1) is 0 Å². The molecule has 0 aliphatic rings. The van der Waals surface area contributed by atoms with Crippen molar-refractivity contribution in [2.45, 2.75) is 13.0 Å². The Kier molecular flexibility index (Phi) is 7.05. The molecule has 0 aliphatic carbocycles. The van der Waals surface area contributed by atoms with E-state index in [-0.39, 0.29) is 5.69 Å². The lowest BCUT2D eigenvalue weighted by molar-refractivity contribution is -0.384. The standard InChI is InChI=1S/C13H20N4O3/c1-14-13(15-7-4-8-20-2)16-10-11-5-3-6-12(9-11)17(18)19/h3,5-6,9H,4,7-8,10H2,1-2H3,(H2,14,15,16). The lowest BCUT2D eigenvalue weighted by atomic mass is 10.2. The minimum atomic E-state index is -0.401.